The molecule has 0 spiro atoms. The third-order valence-electron chi connectivity index (χ3n) is 1.54. The third-order valence-corrected chi connectivity index (χ3v) is 3.27. The zero-order valence-electron chi connectivity index (χ0n) is 9.22. The third kappa shape index (κ3) is 5.19. The summed E-state index contributed by atoms with van der Waals surface area (Å²) in [5, 5.41) is 0. The van der Waals surface area contributed by atoms with Crippen LogP contribution in [0.5, 0.6) is 0 Å². The Morgan fingerprint density at radius 1 is 1.46 bits per heavy atom. The minimum atomic E-state index is -0.402. The van der Waals surface area contributed by atoms with E-state index in [-0.39, 0.29) is 5.97 Å². The second-order valence-corrected chi connectivity index (χ2v) is 5.58. The van der Waals surface area contributed by atoms with Gasteiger partial charge in [0.25, 0.3) is 0 Å². The molecule has 0 radical (unpaired) electrons. The number of hydrogen-bond donors (Lipinski definition) is 0. The molecule has 0 N–H and O–H groups in total. The maximum atomic E-state index is 11.4. The van der Waals surface area contributed by atoms with Crippen LogP contribution >= 0.6 is 11.8 Å². The van der Waals surface area contributed by atoms with Crippen LogP contribution in [-0.2, 0) is 9.53 Å². The molecule has 0 aromatic heterocycles. The van der Waals surface area contributed by atoms with Gasteiger partial charge in [-0.15, -0.1) is 11.8 Å². The molecule has 0 rings (SSSR count). The fraction of sp³-hybridized carbons (Fsp3) is 0.900. The predicted octanol–water partition coefficient (Wildman–Crippen LogP) is 2.72. The Morgan fingerprint density at radius 3 is 2.38 bits per heavy atom. The molecule has 78 valence electrons. The van der Waals surface area contributed by atoms with Gasteiger partial charge in [0.15, 0.2) is 0 Å². The Morgan fingerprint density at radius 2 is 2.00 bits per heavy atom. The van der Waals surface area contributed by atoms with Crippen molar-refractivity contribution >= 4 is 17.7 Å². The molecule has 0 unspecified atom stereocenters. The van der Waals surface area contributed by atoms with E-state index in [0.717, 1.165) is 5.75 Å². The topological polar surface area (TPSA) is 26.3 Å². The van der Waals surface area contributed by atoms with Crippen LogP contribution in [0, 0.1) is 5.92 Å². The van der Waals surface area contributed by atoms with E-state index in [4.69, 9.17) is 4.74 Å². The van der Waals surface area contributed by atoms with Crippen molar-refractivity contribution in [2.45, 2.75) is 39.4 Å². The summed E-state index contributed by atoms with van der Waals surface area (Å²) in [6.07, 6.45) is 0. The van der Waals surface area contributed by atoms with E-state index in [0.29, 0.717) is 12.5 Å². The first-order valence-electron chi connectivity index (χ1n) is 4.71. The minimum Gasteiger partial charge on any atom is -0.465 e. The van der Waals surface area contributed by atoms with Crippen LogP contribution in [0.3, 0.4) is 0 Å². The second-order valence-electron chi connectivity index (χ2n) is 3.94. The van der Waals surface area contributed by atoms with E-state index in [1.165, 1.54) is 0 Å². The van der Waals surface area contributed by atoms with Gasteiger partial charge in [-0.1, -0.05) is 13.8 Å². The summed E-state index contributed by atoms with van der Waals surface area (Å²) in [5.41, 5.74) is 0. The fourth-order valence-corrected chi connectivity index (χ4v) is 1.67. The Bertz CT molecular complexity index is 164. The average molecular weight is 204 g/mol. The Kier molecular flexibility index (Phi) is 5.45. The molecule has 0 aliphatic heterocycles. The van der Waals surface area contributed by atoms with Crippen LogP contribution in [0.15, 0.2) is 0 Å². The van der Waals surface area contributed by atoms with Crippen LogP contribution < -0.4 is 0 Å². The predicted molar refractivity (Wildman–Crippen MR) is 58.0 cm³/mol. The maximum absolute atomic E-state index is 11.4. The highest BCUT2D eigenvalue weighted by Gasteiger charge is 2.29. The number of thioether (sulfide) groups is 1. The van der Waals surface area contributed by atoms with Crippen molar-refractivity contribution in [3.05, 3.63) is 0 Å². The van der Waals surface area contributed by atoms with Gasteiger partial charge in [-0.2, -0.15) is 0 Å². The molecule has 2 nitrogen and oxygen atoms in total. The molecule has 0 aliphatic carbocycles. The number of carbonyl (C=O) groups excluding carboxylic acids is 1. The summed E-state index contributed by atoms with van der Waals surface area (Å²) in [6, 6.07) is 0. The van der Waals surface area contributed by atoms with E-state index >= 15 is 0 Å². The van der Waals surface area contributed by atoms with Gasteiger partial charge in [0.2, 0.25) is 0 Å². The maximum Gasteiger partial charge on any atom is 0.321 e. The lowest BCUT2D eigenvalue weighted by Gasteiger charge is -2.22. The molecule has 0 aliphatic rings. The molecule has 0 fully saturated rings. The smallest absolute Gasteiger partial charge is 0.321 e. The van der Waals surface area contributed by atoms with Crippen molar-refractivity contribution < 1.29 is 9.53 Å². The molecule has 0 aromatic carbocycles. The summed E-state index contributed by atoms with van der Waals surface area (Å²) in [7, 11) is 0. The van der Waals surface area contributed by atoms with Crippen LogP contribution in [0.1, 0.15) is 34.6 Å². The molecule has 0 saturated heterocycles. The van der Waals surface area contributed by atoms with Gasteiger partial charge in [0, 0.05) is 0 Å². The largest absolute Gasteiger partial charge is 0.465 e. The van der Waals surface area contributed by atoms with Crippen molar-refractivity contribution in [3.63, 3.8) is 0 Å². The van der Waals surface area contributed by atoms with E-state index in [2.05, 4.69) is 13.8 Å². The first kappa shape index (κ1) is 12.8. The molecular formula is C10H20O2S. The van der Waals surface area contributed by atoms with E-state index in [9.17, 15) is 4.79 Å². The van der Waals surface area contributed by atoms with E-state index < -0.39 is 4.75 Å². The van der Waals surface area contributed by atoms with Crippen molar-refractivity contribution in [2.75, 3.05) is 12.4 Å². The van der Waals surface area contributed by atoms with Gasteiger partial charge < -0.3 is 4.74 Å². The van der Waals surface area contributed by atoms with Crippen LogP contribution in [0.2, 0.25) is 0 Å². The van der Waals surface area contributed by atoms with Crippen LogP contribution in [0.25, 0.3) is 0 Å². The molecule has 0 atom stereocenters. The Balaban J connectivity index is 3.98. The van der Waals surface area contributed by atoms with Gasteiger partial charge in [-0.05, 0) is 32.4 Å². The molecule has 0 aromatic rings. The number of hydrogen-bond acceptors (Lipinski definition) is 3. The SMILES string of the molecule is CCOC(=O)C(C)(C)SCC(C)C. The fourth-order valence-electron chi connectivity index (χ4n) is 0.739. The lowest BCUT2D eigenvalue weighted by molar-refractivity contribution is -0.145. The van der Waals surface area contributed by atoms with Gasteiger partial charge >= 0.3 is 5.97 Å². The standard InChI is InChI=1S/C10H20O2S/c1-6-12-9(11)10(4,5)13-7-8(2)3/h8H,6-7H2,1-5H3. The summed E-state index contributed by atoms with van der Waals surface area (Å²) >= 11 is 1.66. The summed E-state index contributed by atoms with van der Waals surface area (Å²) in [6.45, 7) is 10.4. The van der Waals surface area contributed by atoms with Crippen molar-refractivity contribution in [1.29, 1.82) is 0 Å². The Labute approximate surface area is 85.4 Å². The molecule has 0 bridgehead atoms. The average Bonchev–Trinajstić information content (AvgIpc) is 2.01. The number of esters is 1. The summed E-state index contributed by atoms with van der Waals surface area (Å²) < 4.78 is 4.58. The van der Waals surface area contributed by atoms with Crippen molar-refractivity contribution in [1.82, 2.24) is 0 Å². The summed E-state index contributed by atoms with van der Waals surface area (Å²) in [4.78, 5) is 11.4. The molecule has 0 saturated carbocycles. The lowest BCUT2D eigenvalue weighted by Crippen LogP contribution is -2.30. The van der Waals surface area contributed by atoms with Gasteiger partial charge in [-0.3, -0.25) is 4.79 Å². The lowest BCUT2D eigenvalue weighted by atomic mass is 10.2. The van der Waals surface area contributed by atoms with Gasteiger partial charge in [0.1, 0.15) is 4.75 Å². The van der Waals surface area contributed by atoms with Crippen molar-refractivity contribution in [3.8, 4) is 0 Å². The highest BCUT2D eigenvalue weighted by atomic mass is 32.2. The van der Waals surface area contributed by atoms with Crippen LogP contribution in [0.4, 0.5) is 0 Å². The highest BCUT2D eigenvalue weighted by molar-refractivity contribution is 8.01. The van der Waals surface area contributed by atoms with Crippen LogP contribution in [-0.4, -0.2) is 23.1 Å². The highest BCUT2D eigenvalue weighted by Crippen LogP contribution is 2.27. The summed E-state index contributed by atoms with van der Waals surface area (Å²) in [5.74, 6) is 1.49. The number of ether oxygens (including phenoxy) is 1. The zero-order valence-corrected chi connectivity index (χ0v) is 10.0. The second kappa shape index (κ2) is 5.53. The quantitative estimate of drug-likeness (QED) is 0.644. The first-order valence-corrected chi connectivity index (χ1v) is 5.70. The van der Waals surface area contributed by atoms with E-state index in [1.54, 1.807) is 11.8 Å². The first-order chi connectivity index (χ1) is 5.90. The van der Waals surface area contributed by atoms with Gasteiger partial charge in [-0.25, -0.2) is 0 Å². The molecular weight excluding hydrogens is 184 g/mol. The number of rotatable bonds is 5. The molecule has 3 heteroatoms. The van der Waals surface area contributed by atoms with E-state index in [1.807, 2.05) is 20.8 Å². The zero-order chi connectivity index (χ0) is 10.5. The molecule has 13 heavy (non-hydrogen) atoms. The van der Waals surface area contributed by atoms with Crippen molar-refractivity contribution in [2.24, 2.45) is 5.92 Å². The number of carbonyl (C=O) groups is 1. The minimum absolute atomic E-state index is 0.111. The van der Waals surface area contributed by atoms with Gasteiger partial charge in [0.05, 0.1) is 6.61 Å². The normalized spacial score (nSPS) is 11.8. The molecule has 0 heterocycles. The Hall–Kier alpha value is -0.180. The monoisotopic (exact) mass is 204 g/mol. The molecule has 0 amide bonds.